The van der Waals surface area contributed by atoms with Crippen molar-refractivity contribution in [1.29, 1.82) is 10.8 Å². The van der Waals surface area contributed by atoms with Gasteiger partial charge in [0.1, 0.15) is 0 Å². The van der Waals surface area contributed by atoms with Gasteiger partial charge in [-0.15, -0.1) is 0 Å². The fourth-order valence-corrected chi connectivity index (χ4v) is 0.558. The van der Waals surface area contributed by atoms with Crippen LogP contribution in [0.5, 0.6) is 0 Å². The van der Waals surface area contributed by atoms with Crippen molar-refractivity contribution in [1.82, 2.24) is 9.80 Å². The van der Waals surface area contributed by atoms with Gasteiger partial charge in [-0.25, -0.2) is 0 Å². The Labute approximate surface area is 161 Å². The van der Waals surface area contributed by atoms with Gasteiger partial charge in [-0.1, -0.05) is 0 Å². The number of likely N-dealkylation sites (N-methyl/N-ethyl adjacent to an activating group) is 2. The maximum atomic E-state index is 9.81. The van der Waals surface area contributed by atoms with Crippen molar-refractivity contribution in [3.8, 4) is 0 Å². The third-order valence-corrected chi connectivity index (χ3v) is 1.56. The van der Waals surface area contributed by atoms with Crippen LogP contribution in [0.1, 0.15) is 0 Å². The van der Waals surface area contributed by atoms with Gasteiger partial charge in [0.05, 0.1) is 25.0 Å². The molecule has 12 heteroatoms. The molecule has 6 N–H and O–H groups in total. The zero-order chi connectivity index (χ0) is 14.9. The topological polar surface area (TPSA) is 186 Å². The summed E-state index contributed by atoms with van der Waals surface area (Å²) < 4.78 is 0. The van der Waals surface area contributed by atoms with E-state index in [1.807, 2.05) is 0 Å². The predicted octanol–water partition coefficient (Wildman–Crippen LogP) is -10.9. The van der Waals surface area contributed by atoms with Gasteiger partial charge in [-0.3, -0.25) is 10.8 Å². The van der Waals surface area contributed by atoms with Gasteiger partial charge >= 0.3 is 59.1 Å². The number of carboxylic acid groups (broad SMARTS) is 2. The van der Waals surface area contributed by atoms with E-state index in [9.17, 15) is 19.8 Å². The summed E-state index contributed by atoms with van der Waals surface area (Å²) >= 11 is 0. The third kappa shape index (κ3) is 19.8. The Morgan fingerprint density at radius 1 is 0.900 bits per heavy atom. The first-order chi connectivity index (χ1) is 8.07. The summed E-state index contributed by atoms with van der Waals surface area (Å²) in [6.45, 7) is -0.676. The normalized spacial score (nSPS) is 7.70. The van der Waals surface area contributed by atoms with Crippen molar-refractivity contribution in [3.63, 3.8) is 0 Å². The van der Waals surface area contributed by atoms with E-state index in [4.69, 9.17) is 22.3 Å². The summed E-state index contributed by atoms with van der Waals surface area (Å²) in [5.74, 6) is -3.04. The van der Waals surface area contributed by atoms with Crippen molar-refractivity contribution < 1.29 is 78.9 Å². The van der Waals surface area contributed by atoms with Gasteiger partial charge in [0, 0.05) is 14.1 Å². The largest absolute Gasteiger partial charge is 1.00 e. The summed E-state index contributed by atoms with van der Waals surface area (Å²) in [6.07, 6.45) is 0. The Balaban J connectivity index is -0.000000116. The van der Waals surface area contributed by atoms with Crippen LogP contribution in [0.15, 0.2) is 0 Å². The van der Waals surface area contributed by atoms with E-state index in [1.54, 1.807) is 0 Å². The number of carbonyl (C=O) groups excluding carboxylic acids is 2. The molecule has 0 unspecified atom stereocenters. The number of hydrogen-bond acceptors (Lipinski definition) is 6. The smallest absolute Gasteiger partial charge is 0.548 e. The Morgan fingerprint density at radius 3 is 1.15 bits per heavy atom. The molecule has 104 valence electrons. The molecule has 0 spiro atoms. The summed E-state index contributed by atoms with van der Waals surface area (Å²) in [5.41, 5.74) is 9.80. The molecule has 0 radical (unpaired) electrons. The molecule has 0 atom stereocenters. The van der Waals surface area contributed by atoms with Gasteiger partial charge in [0.2, 0.25) is 0 Å². The molecule has 0 aliphatic heterocycles. The number of guanidine groups is 2. The summed E-state index contributed by atoms with van der Waals surface area (Å²) in [7, 11) is 2.80. The van der Waals surface area contributed by atoms with E-state index >= 15 is 0 Å². The monoisotopic (exact) mass is 306 g/mol. The number of carbonyl (C=O) groups is 2. The fraction of sp³-hybridized carbons (Fsp3) is 0.500. The maximum Gasteiger partial charge on any atom is 1.00 e. The number of nitrogens with one attached hydrogen (secondary N) is 2. The molecule has 0 amide bonds. The molecule has 0 aromatic carbocycles. The van der Waals surface area contributed by atoms with Crippen LogP contribution in [0, 0.1) is 10.8 Å². The number of hydrogen-bond donors (Lipinski definition) is 4. The minimum absolute atomic E-state index is 0. The standard InChI is InChI=1S/2C4H9N3O2.2Na/c2*1-7(4(5)6)2-3(8)9;;/h2*2H2,1H3,(H3,5,6)(H,8,9);;/q;;2*+1/p-2. The molecular formula is C8H16N6Na2O4. The van der Waals surface area contributed by atoms with E-state index in [2.05, 4.69) is 0 Å². The first kappa shape index (κ1) is 27.8. The minimum atomic E-state index is -1.24. The van der Waals surface area contributed by atoms with Crippen LogP contribution in [-0.4, -0.2) is 60.8 Å². The number of aliphatic carboxylic acids is 2. The molecule has 0 fully saturated rings. The van der Waals surface area contributed by atoms with Crippen LogP contribution in [-0.2, 0) is 9.59 Å². The number of rotatable bonds is 4. The second kappa shape index (κ2) is 14.9. The molecule has 0 aliphatic rings. The van der Waals surface area contributed by atoms with Crippen molar-refractivity contribution in [2.75, 3.05) is 27.2 Å². The van der Waals surface area contributed by atoms with Crippen molar-refractivity contribution in [3.05, 3.63) is 0 Å². The average molecular weight is 306 g/mol. The SMILES string of the molecule is CN(CC(=O)[O-])C(=N)N.CN(CC(=O)[O-])C(=N)N.[Na+].[Na+]. The van der Waals surface area contributed by atoms with Crippen molar-refractivity contribution >= 4 is 23.9 Å². The summed E-state index contributed by atoms with van der Waals surface area (Å²) in [6, 6.07) is 0. The maximum absolute atomic E-state index is 9.81. The summed E-state index contributed by atoms with van der Waals surface area (Å²) in [5, 5.41) is 33.0. The Hall–Kier alpha value is -0.520. The first-order valence-corrected chi connectivity index (χ1v) is 4.58. The number of nitrogens with two attached hydrogens (primary N) is 2. The molecule has 20 heavy (non-hydrogen) atoms. The Bertz CT molecular complexity index is 309. The van der Waals surface area contributed by atoms with Crippen LogP contribution in [0.4, 0.5) is 0 Å². The quantitative estimate of drug-likeness (QED) is 0.224. The number of carboxylic acids is 2. The molecule has 0 saturated heterocycles. The van der Waals surface area contributed by atoms with E-state index in [-0.39, 0.29) is 84.1 Å². The van der Waals surface area contributed by atoms with Crippen LogP contribution in [0.2, 0.25) is 0 Å². The van der Waals surface area contributed by atoms with Crippen LogP contribution >= 0.6 is 0 Å². The van der Waals surface area contributed by atoms with Gasteiger partial charge in [0.15, 0.2) is 11.9 Å². The molecule has 0 aliphatic carbocycles. The average Bonchev–Trinajstić information content (AvgIpc) is 2.16. The Morgan fingerprint density at radius 2 is 1.10 bits per heavy atom. The predicted molar refractivity (Wildman–Crippen MR) is 59.1 cm³/mol. The third-order valence-electron chi connectivity index (χ3n) is 1.56. The summed E-state index contributed by atoms with van der Waals surface area (Å²) in [4.78, 5) is 21.7. The molecule has 0 heterocycles. The van der Waals surface area contributed by atoms with E-state index in [0.717, 1.165) is 9.80 Å². The second-order valence-corrected chi connectivity index (χ2v) is 3.23. The van der Waals surface area contributed by atoms with E-state index < -0.39 is 11.9 Å². The van der Waals surface area contributed by atoms with Crippen molar-refractivity contribution in [2.24, 2.45) is 11.5 Å². The first-order valence-electron chi connectivity index (χ1n) is 4.58. The molecule has 10 nitrogen and oxygen atoms in total. The zero-order valence-corrected chi connectivity index (χ0v) is 16.1. The number of nitrogens with zero attached hydrogens (tertiary/aromatic N) is 2. The zero-order valence-electron chi connectivity index (χ0n) is 12.1. The van der Waals surface area contributed by atoms with E-state index in [0.29, 0.717) is 0 Å². The van der Waals surface area contributed by atoms with Crippen molar-refractivity contribution in [2.45, 2.75) is 0 Å². The van der Waals surface area contributed by atoms with Gasteiger partial charge in [-0.2, -0.15) is 0 Å². The molecule has 0 aromatic rings. The van der Waals surface area contributed by atoms with Crippen LogP contribution < -0.4 is 80.8 Å². The second-order valence-electron chi connectivity index (χ2n) is 3.23. The molecule has 0 rings (SSSR count). The molecule has 0 aromatic heterocycles. The van der Waals surface area contributed by atoms with Gasteiger partial charge in [-0.05, 0) is 0 Å². The van der Waals surface area contributed by atoms with Gasteiger partial charge in [0.25, 0.3) is 0 Å². The van der Waals surface area contributed by atoms with Crippen LogP contribution in [0.25, 0.3) is 0 Å². The molecule has 0 saturated carbocycles. The van der Waals surface area contributed by atoms with Gasteiger partial charge < -0.3 is 41.1 Å². The van der Waals surface area contributed by atoms with Crippen LogP contribution in [0.3, 0.4) is 0 Å². The van der Waals surface area contributed by atoms with E-state index in [1.165, 1.54) is 14.1 Å². The Kier molecular flexibility index (Phi) is 20.7. The molecular weight excluding hydrogens is 290 g/mol. The fourth-order valence-electron chi connectivity index (χ4n) is 0.558. The minimum Gasteiger partial charge on any atom is -0.548 e. The molecule has 0 bridgehead atoms.